The highest BCUT2D eigenvalue weighted by atomic mass is 32.2. The van der Waals surface area contributed by atoms with Crippen LogP contribution in [-0.2, 0) is 23.0 Å². The van der Waals surface area contributed by atoms with Crippen molar-refractivity contribution in [3.05, 3.63) is 77.4 Å². The third-order valence-corrected chi connectivity index (χ3v) is 6.30. The van der Waals surface area contributed by atoms with Crippen LogP contribution in [0, 0.1) is 0 Å². The minimum Gasteiger partial charge on any atom is -0.392 e. The Hall–Kier alpha value is -3.16. The maximum absolute atomic E-state index is 12.2. The number of hydrogen-bond acceptors (Lipinski definition) is 4. The molecule has 1 aromatic heterocycles. The molecule has 0 saturated carbocycles. The number of carbonyl (C=O) groups is 1. The molecule has 1 heterocycles. The van der Waals surface area contributed by atoms with E-state index in [-0.39, 0.29) is 11.5 Å². The number of nitrogens with zero attached hydrogens (tertiary/aromatic N) is 1. The number of aromatic nitrogens is 1. The predicted molar refractivity (Wildman–Crippen MR) is 113 cm³/mol. The van der Waals surface area contributed by atoms with Gasteiger partial charge < -0.3 is 15.4 Å². The van der Waals surface area contributed by atoms with E-state index < -0.39 is 15.7 Å². The van der Waals surface area contributed by atoms with Crippen molar-refractivity contribution in [3.8, 4) is 0 Å². The van der Waals surface area contributed by atoms with Crippen LogP contribution in [0.2, 0.25) is 0 Å². The fourth-order valence-corrected chi connectivity index (χ4v) is 4.77. The lowest BCUT2D eigenvalue weighted by Crippen LogP contribution is -2.11. The largest absolute Gasteiger partial charge is 0.392 e. The van der Waals surface area contributed by atoms with Gasteiger partial charge >= 0.3 is 0 Å². The lowest BCUT2D eigenvalue weighted by molar-refractivity contribution is 0.100. The van der Waals surface area contributed by atoms with Crippen LogP contribution < -0.4 is 5.73 Å². The first-order valence-electron chi connectivity index (χ1n) is 9.03. The third kappa shape index (κ3) is 3.28. The predicted octanol–water partition coefficient (Wildman–Crippen LogP) is 2.84. The van der Waals surface area contributed by atoms with Gasteiger partial charge in [0.05, 0.1) is 17.0 Å². The Balaban J connectivity index is 2.06. The molecule has 0 fully saturated rings. The maximum atomic E-state index is 12.2. The van der Waals surface area contributed by atoms with Gasteiger partial charge in [0.15, 0.2) is 9.84 Å². The zero-order valence-corrected chi connectivity index (χ0v) is 16.6. The summed E-state index contributed by atoms with van der Waals surface area (Å²) < 4.78 is 26.5. The molecule has 29 heavy (non-hydrogen) atoms. The summed E-state index contributed by atoms with van der Waals surface area (Å²) in [6, 6.07) is 17.7. The number of sulfone groups is 1. The lowest BCUT2D eigenvalue weighted by atomic mass is 10.0. The van der Waals surface area contributed by atoms with Crippen molar-refractivity contribution in [1.29, 1.82) is 0 Å². The fourth-order valence-electron chi connectivity index (χ4n) is 3.83. The summed E-state index contributed by atoms with van der Waals surface area (Å²) in [5, 5.41) is 11.1. The number of amides is 1. The van der Waals surface area contributed by atoms with Gasteiger partial charge in [-0.05, 0) is 35.4 Å². The smallest absolute Gasteiger partial charge is 0.249 e. The third-order valence-electron chi connectivity index (χ3n) is 5.10. The van der Waals surface area contributed by atoms with Gasteiger partial charge in [-0.25, -0.2) is 8.42 Å². The van der Waals surface area contributed by atoms with E-state index >= 15 is 0 Å². The van der Waals surface area contributed by atoms with Gasteiger partial charge in [0.25, 0.3) is 0 Å². The molecule has 0 aliphatic carbocycles. The van der Waals surface area contributed by atoms with E-state index in [4.69, 9.17) is 5.73 Å². The van der Waals surface area contributed by atoms with Crippen LogP contribution in [0.25, 0.3) is 21.8 Å². The first-order chi connectivity index (χ1) is 13.8. The van der Waals surface area contributed by atoms with Crippen LogP contribution >= 0.6 is 0 Å². The van der Waals surface area contributed by atoms with E-state index in [2.05, 4.69) is 0 Å². The van der Waals surface area contributed by atoms with Crippen molar-refractivity contribution >= 4 is 37.6 Å². The minimum absolute atomic E-state index is 0.125. The number of carbonyl (C=O) groups excluding carboxylic acids is 1. The number of fused-ring (bicyclic) bond motifs is 3. The molecular formula is C22H20N2O4S. The fraction of sp³-hybridized carbons (Fsp3) is 0.136. The van der Waals surface area contributed by atoms with Crippen LogP contribution in [0.3, 0.4) is 0 Å². The van der Waals surface area contributed by atoms with E-state index in [9.17, 15) is 18.3 Å². The molecule has 148 valence electrons. The summed E-state index contributed by atoms with van der Waals surface area (Å²) in [6.07, 6.45) is 1.19. The monoisotopic (exact) mass is 408 g/mol. The molecule has 4 aromatic rings. The Morgan fingerprint density at radius 2 is 1.79 bits per heavy atom. The van der Waals surface area contributed by atoms with Gasteiger partial charge in [-0.15, -0.1) is 0 Å². The van der Waals surface area contributed by atoms with Crippen molar-refractivity contribution in [2.45, 2.75) is 18.0 Å². The number of aliphatic hydroxyl groups is 1. The molecule has 0 bridgehead atoms. The van der Waals surface area contributed by atoms with Crippen molar-refractivity contribution in [2.75, 3.05) is 6.26 Å². The normalized spacial score (nSPS) is 11.9. The number of primary amides is 1. The highest BCUT2D eigenvalue weighted by molar-refractivity contribution is 7.90. The first-order valence-corrected chi connectivity index (χ1v) is 10.9. The van der Waals surface area contributed by atoms with Crippen molar-refractivity contribution in [3.63, 3.8) is 0 Å². The van der Waals surface area contributed by atoms with E-state index in [1.165, 1.54) is 6.26 Å². The molecule has 3 aromatic carbocycles. The van der Waals surface area contributed by atoms with Crippen molar-refractivity contribution < 1.29 is 18.3 Å². The second-order valence-corrected chi connectivity index (χ2v) is 9.02. The summed E-state index contributed by atoms with van der Waals surface area (Å²) in [4.78, 5) is 12.3. The average Bonchev–Trinajstić information content (AvgIpc) is 3.00. The Labute approximate surface area is 168 Å². The Kier molecular flexibility index (Phi) is 4.64. The molecule has 0 unspecified atom stereocenters. The second-order valence-electron chi connectivity index (χ2n) is 7.04. The standard InChI is InChI=1S/C22H20N2O4S/c1-29(27,28)20-8-3-2-5-15(20)12-24-18-7-4-6-17(22(23)26)21(18)16-10-9-14(13-25)11-19(16)24/h2-11,25H,12-13H2,1H3,(H2,23,26). The quantitative estimate of drug-likeness (QED) is 0.530. The Morgan fingerprint density at radius 3 is 2.48 bits per heavy atom. The summed E-state index contributed by atoms with van der Waals surface area (Å²) in [5.74, 6) is -0.530. The second kappa shape index (κ2) is 7.02. The first kappa shape index (κ1) is 19.2. The van der Waals surface area contributed by atoms with E-state index in [0.717, 1.165) is 27.4 Å². The van der Waals surface area contributed by atoms with E-state index in [1.807, 2.05) is 22.8 Å². The van der Waals surface area contributed by atoms with Crippen LogP contribution in [0.1, 0.15) is 21.5 Å². The Morgan fingerprint density at radius 1 is 1.03 bits per heavy atom. The molecule has 0 saturated heterocycles. The minimum atomic E-state index is -3.41. The number of hydrogen-bond donors (Lipinski definition) is 2. The zero-order chi connectivity index (χ0) is 20.8. The van der Waals surface area contributed by atoms with E-state index in [1.54, 1.807) is 42.5 Å². The zero-order valence-electron chi connectivity index (χ0n) is 15.8. The SMILES string of the molecule is CS(=O)(=O)c1ccccc1Cn1c2cc(CO)ccc2c2c(C(N)=O)cccc21. The lowest BCUT2D eigenvalue weighted by Gasteiger charge is -2.12. The molecular weight excluding hydrogens is 388 g/mol. The molecule has 7 heteroatoms. The van der Waals surface area contributed by atoms with Crippen molar-refractivity contribution in [2.24, 2.45) is 5.73 Å². The highest BCUT2D eigenvalue weighted by Crippen LogP contribution is 2.33. The van der Waals surface area contributed by atoms with Gasteiger partial charge in [0.2, 0.25) is 5.91 Å². The average molecular weight is 408 g/mol. The highest BCUT2D eigenvalue weighted by Gasteiger charge is 2.19. The number of rotatable bonds is 5. The molecule has 0 atom stereocenters. The Bertz CT molecular complexity index is 1370. The van der Waals surface area contributed by atoms with Gasteiger partial charge in [0, 0.05) is 34.7 Å². The molecule has 0 aliphatic rings. The number of nitrogens with two attached hydrogens (primary N) is 1. The van der Waals surface area contributed by atoms with Gasteiger partial charge in [-0.2, -0.15) is 0 Å². The summed E-state index contributed by atoms with van der Waals surface area (Å²) in [6.45, 7) is 0.167. The van der Waals surface area contributed by atoms with Crippen LogP contribution in [0.5, 0.6) is 0 Å². The number of benzene rings is 3. The van der Waals surface area contributed by atoms with E-state index in [0.29, 0.717) is 17.7 Å². The van der Waals surface area contributed by atoms with Gasteiger partial charge in [-0.1, -0.05) is 36.4 Å². The molecule has 0 aliphatic heterocycles. The summed E-state index contributed by atoms with van der Waals surface area (Å²) >= 11 is 0. The van der Waals surface area contributed by atoms with Gasteiger partial charge in [-0.3, -0.25) is 4.79 Å². The van der Waals surface area contributed by atoms with Crippen LogP contribution in [0.4, 0.5) is 0 Å². The number of aliphatic hydroxyl groups excluding tert-OH is 1. The summed E-state index contributed by atoms with van der Waals surface area (Å²) in [5.41, 5.74) is 8.94. The van der Waals surface area contributed by atoms with Gasteiger partial charge in [0.1, 0.15) is 0 Å². The summed E-state index contributed by atoms with van der Waals surface area (Å²) in [7, 11) is -3.41. The molecule has 0 spiro atoms. The molecule has 3 N–H and O–H groups in total. The molecule has 4 rings (SSSR count). The molecule has 6 nitrogen and oxygen atoms in total. The van der Waals surface area contributed by atoms with Crippen LogP contribution in [0.15, 0.2) is 65.6 Å². The molecule has 1 amide bonds. The maximum Gasteiger partial charge on any atom is 0.249 e. The molecule has 0 radical (unpaired) electrons. The topological polar surface area (TPSA) is 102 Å². The van der Waals surface area contributed by atoms with Crippen molar-refractivity contribution in [1.82, 2.24) is 4.57 Å². The van der Waals surface area contributed by atoms with Crippen LogP contribution in [-0.4, -0.2) is 30.3 Å².